The molecule has 1 aromatic heterocycles. The fourth-order valence-electron chi connectivity index (χ4n) is 5.42. The molecule has 0 radical (unpaired) electrons. The summed E-state index contributed by atoms with van der Waals surface area (Å²) in [5, 5.41) is 9.90. The van der Waals surface area contributed by atoms with Gasteiger partial charge in [-0.15, -0.1) is 0 Å². The Kier molecular flexibility index (Phi) is 8.10. The molecule has 3 heterocycles. The van der Waals surface area contributed by atoms with Crippen LogP contribution in [0.5, 0.6) is 0 Å². The summed E-state index contributed by atoms with van der Waals surface area (Å²) in [6.07, 6.45) is 1.83. The van der Waals surface area contributed by atoms with Gasteiger partial charge in [0.25, 0.3) is 11.5 Å². The Morgan fingerprint density at radius 1 is 1.00 bits per heavy atom. The number of nitrogens with zero attached hydrogens (tertiary/aromatic N) is 5. The van der Waals surface area contributed by atoms with E-state index >= 15 is 0 Å². The Bertz CT molecular complexity index is 1570. The van der Waals surface area contributed by atoms with Crippen LogP contribution in [0.15, 0.2) is 70.4 Å². The van der Waals surface area contributed by atoms with E-state index in [4.69, 9.17) is 12.2 Å². The van der Waals surface area contributed by atoms with Crippen LogP contribution in [0.3, 0.4) is 0 Å². The molecule has 2 aliphatic rings. The van der Waals surface area contributed by atoms with E-state index in [1.165, 1.54) is 17.4 Å². The van der Waals surface area contributed by atoms with Crippen LogP contribution in [-0.2, 0) is 11.3 Å². The highest BCUT2D eigenvalue weighted by atomic mass is 32.2. The SMILES string of the molecule is CCn1c(N2CCN(c3ccccc3)CC2)c(/C=C2/SC(=S)N(C(C)c3ccccc3)C2=O)c(C)c(C#N)c1=O. The van der Waals surface area contributed by atoms with Crippen LogP contribution in [0.25, 0.3) is 6.08 Å². The minimum atomic E-state index is -0.301. The second-order valence-electron chi connectivity index (χ2n) is 9.85. The van der Waals surface area contributed by atoms with Gasteiger partial charge in [-0.1, -0.05) is 72.5 Å². The van der Waals surface area contributed by atoms with Crippen LogP contribution >= 0.6 is 24.0 Å². The van der Waals surface area contributed by atoms with Crippen molar-refractivity contribution in [3.05, 3.63) is 98.2 Å². The molecule has 2 saturated heterocycles. The highest BCUT2D eigenvalue weighted by molar-refractivity contribution is 8.26. The molecule has 2 aliphatic heterocycles. The van der Waals surface area contributed by atoms with Gasteiger partial charge >= 0.3 is 0 Å². The fourth-order valence-corrected chi connectivity index (χ4v) is 6.82. The molecule has 40 heavy (non-hydrogen) atoms. The first-order chi connectivity index (χ1) is 19.3. The van der Waals surface area contributed by atoms with Crippen molar-refractivity contribution < 1.29 is 4.79 Å². The number of carbonyl (C=O) groups excluding carboxylic acids is 1. The van der Waals surface area contributed by atoms with Crippen molar-refractivity contribution in [1.29, 1.82) is 5.26 Å². The zero-order valence-corrected chi connectivity index (χ0v) is 24.5. The van der Waals surface area contributed by atoms with E-state index in [2.05, 4.69) is 28.0 Å². The summed E-state index contributed by atoms with van der Waals surface area (Å²) in [6, 6.07) is 22.0. The molecule has 204 valence electrons. The number of carbonyl (C=O) groups is 1. The number of aromatic nitrogens is 1. The maximum absolute atomic E-state index is 13.7. The van der Waals surface area contributed by atoms with Crippen LogP contribution in [-0.4, -0.2) is 45.9 Å². The molecule has 5 rings (SSSR count). The van der Waals surface area contributed by atoms with Crippen LogP contribution < -0.4 is 15.4 Å². The number of anilines is 2. The number of nitriles is 1. The summed E-state index contributed by atoms with van der Waals surface area (Å²) in [5.74, 6) is 0.580. The highest BCUT2D eigenvalue weighted by Gasteiger charge is 2.37. The zero-order valence-electron chi connectivity index (χ0n) is 22.8. The summed E-state index contributed by atoms with van der Waals surface area (Å²) >= 11 is 6.92. The lowest BCUT2D eigenvalue weighted by Crippen LogP contribution is -2.48. The third-order valence-corrected chi connectivity index (χ3v) is 8.96. The van der Waals surface area contributed by atoms with Gasteiger partial charge in [0.05, 0.1) is 10.9 Å². The molecular formula is C31H31N5O2S2. The minimum Gasteiger partial charge on any atom is -0.368 e. The van der Waals surface area contributed by atoms with Crippen molar-refractivity contribution >= 4 is 51.8 Å². The first-order valence-corrected chi connectivity index (χ1v) is 14.6. The predicted octanol–water partition coefficient (Wildman–Crippen LogP) is 5.34. The maximum atomic E-state index is 13.7. The van der Waals surface area contributed by atoms with Crippen molar-refractivity contribution in [3.8, 4) is 6.07 Å². The number of hydrogen-bond donors (Lipinski definition) is 0. The van der Waals surface area contributed by atoms with Gasteiger partial charge in [-0.3, -0.25) is 19.1 Å². The molecular weight excluding hydrogens is 539 g/mol. The van der Waals surface area contributed by atoms with Gasteiger partial charge in [0, 0.05) is 44.0 Å². The molecule has 3 aromatic rings. The fraction of sp³-hybridized carbons (Fsp3) is 0.290. The number of pyridine rings is 1. The Morgan fingerprint density at radius 2 is 1.60 bits per heavy atom. The van der Waals surface area contributed by atoms with Gasteiger partial charge in [0.15, 0.2) is 0 Å². The standard InChI is InChI=1S/C31H31N5O2S2/c1-4-35-28(34-17-15-33(16-18-34)24-13-9-6-10-14-24)25(21(2)26(20-32)29(35)37)19-27-30(38)36(31(39)40-27)22(3)23-11-7-5-8-12-23/h5-14,19,22H,4,15-18H2,1-3H3/b27-19+. The molecule has 0 N–H and O–H groups in total. The second-order valence-corrected chi connectivity index (χ2v) is 11.5. The number of piperazine rings is 1. The highest BCUT2D eigenvalue weighted by Crippen LogP contribution is 2.40. The average Bonchev–Trinajstić information content (AvgIpc) is 3.27. The Balaban J connectivity index is 1.54. The Labute approximate surface area is 244 Å². The number of benzene rings is 2. The Hall–Kier alpha value is -3.87. The van der Waals surface area contributed by atoms with Crippen LogP contribution in [0.2, 0.25) is 0 Å². The van der Waals surface area contributed by atoms with E-state index in [-0.39, 0.29) is 23.1 Å². The van der Waals surface area contributed by atoms with E-state index in [0.29, 0.717) is 34.4 Å². The number of amides is 1. The van der Waals surface area contributed by atoms with Gasteiger partial charge in [-0.05, 0) is 50.1 Å². The van der Waals surface area contributed by atoms with Gasteiger partial charge in [0.1, 0.15) is 21.8 Å². The largest absolute Gasteiger partial charge is 0.368 e. The number of thiocarbonyl (C=S) groups is 1. The number of hydrogen-bond acceptors (Lipinski definition) is 7. The van der Waals surface area contributed by atoms with Crippen molar-refractivity contribution in [2.45, 2.75) is 33.4 Å². The summed E-state index contributed by atoms with van der Waals surface area (Å²) < 4.78 is 2.16. The smallest absolute Gasteiger partial charge is 0.270 e. The Morgan fingerprint density at radius 3 is 2.20 bits per heavy atom. The van der Waals surface area contributed by atoms with Crippen molar-refractivity contribution in [2.24, 2.45) is 0 Å². The molecule has 1 atom stereocenters. The van der Waals surface area contributed by atoms with Crippen LogP contribution in [0.4, 0.5) is 11.5 Å². The van der Waals surface area contributed by atoms with E-state index in [9.17, 15) is 14.9 Å². The summed E-state index contributed by atoms with van der Waals surface area (Å²) in [6.45, 7) is 9.06. The average molecular weight is 570 g/mol. The molecule has 1 unspecified atom stereocenters. The quantitative estimate of drug-likeness (QED) is 0.293. The van der Waals surface area contributed by atoms with Gasteiger partial charge in [-0.2, -0.15) is 5.26 Å². The zero-order chi connectivity index (χ0) is 28.4. The van der Waals surface area contributed by atoms with Gasteiger partial charge < -0.3 is 9.80 Å². The summed E-state index contributed by atoms with van der Waals surface area (Å²) in [5.41, 5.74) is 3.28. The van der Waals surface area contributed by atoms with E-state index in [1.807, 2.05) is 68.5 Å². The molecule has 9 heteroatoms. The van der Waals surface area contributed by atoms with Crippen LogP contribution in [0, 0.1) is 18.3 Å². The van der Waals surface area contributed by atoms with E-state index in [0.717, 1.165) is 30.0 Å². The van der Waals surface area contributed by atoms with E-state index in [1.54, 1.807) is 16.4 Å². The monoisotopic (exact) mass is 569 g/mol. The molecule has 0 saturated carbocycles. The molecule has 0 aliphatic carbocycles. The van der Waals surface area contributed by atoms with Crippen molar-refractivity contribution in [2.75, 3.05) is 36.0 Å². The molecule has 7 nitrogen and oxygen atoms in total. The van der Waals surface area contributed by atoms with Crippen LogP contribution in [0.1, 0.15) is 42.1 Å². The number of rotatable bonds is 6. The molecule has 0 bridgehead atoms. The third-order valence-electron chi connectivity index (χ3n) is 7.63. The first-order valence-electron chi connectivity index (χ1n) is 13.4. The summed E-state index contributed by atoms with van der Waals surface area (Å²) in [4.78, 5) is 33.8. The van der Waals surface area contributed by atoms with Crippen molar-refractivity contribution in [3.63, 3.8) is 0 Å². The lowest BCUT2D eigenvalue weighted by atomic mass is 10.0. The van der Waals surface area contributed by atoms with Crippen molar-refractivity contribution in [1.82, 2.24) is 9.47 Å². The molecule has 1 amide bonds. The molecule has 0 spiro atoms. The minimum absolute atomic E-state index is 0.105. The first kappa shape index (κ1) is 27.7. The molecule has 2 aromatic carbocycles. The van der Waals surface area contributed by atoms with Gasteiger partial charge in [-0.25, -0.2) is 0 Å². The lowest BCUT2D eigenvalue weighted by Gasteiger charge is -2.39. The number of thioether (sulfide) groups is 1. The van der Waals surface area contributed by atoms with E-state index < -0.39 is 0 Å². The van der Waals surface area contributed by atoms with Gasteiger partial charge in [0.2, 0.25) is 0 Å². The summed E-state index contributed by atoms with van der Waals surface area (Å²) in [7, 11) is 0. The second kappa shape index (κ2) is 11.7. The lowest BCUT2D eigenvalue weighted by molar-refractivity contribution is -0.123. The topological polar surface area (TPSA) is 72.6 Å². The number of para-hydroxylation sites is 1. The third kappa shape index (κ3) is 5.05. The normalized spacial score (nSPS) is 17.4. The predicted molar refractivity (Wildman–Crippen MR) is 167 cm³/mol. The maximum Gasteiger partial charge on any atom is 0.270 e. The molecule has 2 fully saturated rings.